The van der Waals surface area contributed by atoms with E-state index in [1.54, 1.807) is 0 Å². The Balaban J connectivity index is 3.24. The molecule has 0 aliphatic carbocycles. The highest BCUT2D eigenvalue weighted by Crippen LogP contribution is 2.37. The number of hydrogen-bond acceptors (Lipinski definition) is 4. The van der Waals surface area contributed by atoms with Crippen LogP contribution >= 0.6 is 11.6 Å². The van der Waals surface area contributed by atoms with Crippen LogP contribution in [0.4, 0.5) is 0 Å². The summed E-state index contributed by atoms with van der Waals surface area (Å²) in [6, 6.07) is 1.11. The fourth-order valence-corrected chi connectivity index (χ4v) is 1.11. The van der Waals surface area contributed by atoms with Crippen molar-refractivity contribution >= 4 is 17.6 Å². The van der Waals surface area contributed by atoms with E-state index in [0.717, 1.165) is 0 Å². The minimum absolute atomic E-state index is 0.0659. The van der Waals surface area contributed by atoms with Crippen molar-refractivity contribution in [1.82, 2.24) is 0 Å². The lowest BCUT2D eigenvalue weighted by molar-refractivity contribution is -0.138. The molecule has 1 unspecified atom stereocenters. The fourth-order valence-electron chi connectivity index (χ4n) is 0.955. The third-order valence-corrected chi connectivity index (χ3v) is 2.04. The zero-order chi connectivity index (χ0) is 10.9. The van der Waals surface area contributed by atoms with Gasteiger partial charge in [-0.3, -0.25) is 4.79 Å². The molecule has 1 aromatic rings. The van der Waals surface area contributed by atoms with Gasteiger partial charge >= 0.3 is 5.97 Å². The molecule has 5 nitrogen and oxygen atoms in total. The highest BCUT2D eigenvalue weighted by atomic mass is 35.5. The Morgan fingerprint density at radius 2 is 1.93 bits per heavy atom. The number of hydrogen-bond donors (Lipinski definition) is 4. The molecule has 1 atom stereocenters. The summed E-state index contributed by atoms with van der Waals surface area (Å²) in [5.41, 5.74) is 5.16. The predicted octanol–water partition coefficient (Wildman–Crippen LogP) is 0.836. The van der Waals surface area contributed by atoms with Crippen LogP contribution in [0.15, 0.2) is 12.1 Å². The van der Waals surface area contributed by atoms with Gasteiger partial charge in [0.25, 0.3) is 0 Å². The highest BCUT2D eigenvalue weighted by Gasteiger charge is 2.21. The maximum atomic E-state index is 10.5. The van der Waals surface area contributed by atoms with Crippen molar-refractivity contribution in [3.63, 3.8) is 0 Å². The van der Waals surface area contributed by atoms with E-state index < -0.39 is 23.5 Å². The van der Waals surface area contributed by atoms with Crippen molar-refractivity contribution in [3.05, 3.63) is 22.7 Å². The number of nitrogens with two attached hydrogens (primary N) is 1. The fraction of sp³-hybridized carbons (Fsp3) is 0.125. The van der Waals surface area contributed by atoms with Crippen LogP contribution in [0.2, 0.25) is 5.02 Å². The summed E-state index contributed by atoms with van der Waals surface area (Å²) in [6.07, 6.45) is 0. The van der Waals surface area contributed by atoms with E-state index in [9.17, 15) is 15.0 Å². The second-order valence-electron chi connectivity index (χ2n) is 2.65. The van der Waals surface area contributed by atoms with Crippen LogP contribution in [0.25, 0.3) is 0 Å². The molecular formula is C8H8ClNO4. The van der Waals surface area contributed by atoms with Gasteiger partial charge in [0.2, 0.25) is 0 Å². The molecule has 0 spiro atoms. The normalized spacial score (nSPS) is 12.4. The van der Waals surface area contributed by atoms with Crippen LogP contribution in [0.3, 0.4) is 0 Å². The van der Waals surface area contributed by atoms with Crippen LogP contribution < -0.4 is 5.73 Å². The molecule has 0 heterocycles. The predicted molar refractivity (Wildman–Crippen MR) is 49.3 cm³/mol. The van der Waals surface area contributed by atoms with Gasteiger partial charge in [0, 0.05) is 5.56 Å². The van der Waals surface area contributed by atoms with Crippen LogP contribution in [0, 0.1) is 0 Å². The zero-order valence-corrected chi connectivity index (χ0v) is 7.69. The summed E-state index contributed by atoms with van der Waals surface area (Å²) in [6.45, 7) is 0. The maximum absolute atomic E-state index is 10.5. The average Bonchev–Trinajstić information content (AvgIpc) is 2.13. The Bertz CT molecular complexity index is 380. The number of phenolic OH excluding ortho intramolecular Hbond substituents is 2. The molecular weight excluding hydrogens is 210 g/mol. The topological polar surface area (TPSA) is 104 Å². The van der Waals surface area contributed by atoms with E-state index in [-0.39, 0.29) is 10.6 Å². The molecule has 0 bridgehead atoms. The summed E-state index contributed by atoms with van der Waals surface area (Å²) in [5, 5.41) is 27.0. The van der Waals surface area contributed by atoms with Gasteiger partial charge in [-0.05, 0) is 6.07 Å². The highest BCUT2D eigenvalue weighted by molar-refractivity contribution is 6.32. The first-order valence-corrected chi connectivity index (χ1v) is 4.01. The largest absolute Gasteiger partial charge is 0.504 e. The number of phenols is 2. The first kappa shape index (κ1) is 10.6. The van der Waals surface area contributed by atoms with Crippen molar-refractivity contribution in [2.45, 2.75) is 6.04 Å². The van der Waals surface area contributed by atoms with Gasteiger partial charge in [-0.25, -0.2) is 0 Å². The third kappa shape index (κ3) is 1.73. The Morgan fingerprint density at radius 1 is 1.36 bits per heavy atom. The standard InChI is InChI=1S/C8H8ClNO4/c9-4-2-1-3(5(10)8(13)14)6(11)7(4)12/h1-2,5,11-12H,10H2,(H,13,14). The first-order valence-electron chi connectivity index (χ1n) is 3.64. The number of aromatic hydroxyl groups is 2. The van der Waals surface area contributed by atoms with E-state index in [1.807, 2.05) is 0 Å². The average molecular weight is 218 g/mol. The maximum Gasteiger partial charge on any atom is 0.325 e. The van der Waals surface area contributed by atoms with Gasteiger partial charge in [0.1, 0.15) is 6.04 Å². The Hall–Kier alpha value is -1.46. The quantitative estimate of drug-likeness (QED) is 0.550. The lowest BCUT2D eigenvalue weighted by Gasteiger charge is -2.10. The van der Waals surface area contributed by atoms with Crippen molar-refractivity contribution < 1.29 is 20.1 Å². The molecule has 0 saturated carbocycles. The van der Waals surface area contributed by atoms with Gasteiger partial charge in [-0.15, -0.1) is 0 Å². The number of carbonyl (C=O) groups is 1. The van der Waals surface area contributed by atoms with E-state index in [0.29, 0.717) is 0 Å². The van der Waals surface area contributed by atoms with Gasteiger partial charge in [-0.2, -0.15) is 0 Å². The smallest absolute Gasteiger partial charge is 0.325 e. The lowest BCUT2D eigenvalue weighted by atomic mass is 10.1. The SMILES string of the molecule is NC(C(=O)O)c1ccc(Cl)c(O)c1O. The van der Waals surface area contributed by atoms with Crippen LogP contribution in [-0.2, 0) is 4.79 Å². The van der Waals surface area contributed by atoms with E-state index in [1.165, 1.54) is 12.1 Å². The second kappa shape index (κ2) is 3.73. The molecule has 0 aromatic heterocycles. The number of carboxylic acids is 1. The summed E-state index contributed by atoms with van der Waals surface area (Å²) in [7, 11) is 0. The third-order valence-electron chi connectivity index (χ3n) is 1.73. The molecule has 0 amide bonds. The molecule has 0 fully saturated rings. The number of benzene rings is 1. The van der Waals surface area contributed by atoms with Crippen LogP contribution in [-0.4, -0.2) is 21.3 Å². The Labute approximate surface area is 84.3 Å². The molecule has 0 radical (unpaired) electrons. The van der Waals surface area contributed by atoms with Gasteiger partial charge in [0.05, 0.1) is 5.02 Å². The Morgan fingerprint density at radius 3 is 2.43 bits per heavy atom. The monoisotopic (exact) mass is 217 g/mol. The molecule has 0 aliphatic heterocycles. The van der Waals surface area contributed by atoms with E-state index >= 15 is 0 Å². The number of halogens is 1. The molecule has 0 saturated heterocycles. The minimum Gasteiger partial charge on any atom is -0.504 e. The van der Waals surface area contributed by atoms with Crippen LogP contribution in [0.5, 0.6) is 11.5 Å². The van der Waals surface area contributed by atoms with Gasteiger partial charge in [-0.1, -0.05) is 17.7 Å². The van der Waals surface area contributed by atoms with Crippen LogP contribution in [0.1, 0.15) is 11.6 Å². The van der Waals surface area contributed by atoms with Gasteiger partial charge in [0.15, 0.2) is 11.5 Å². The zero-order valence-electron chi connectivity index (χ0n) is 6.94. The van der Waals surface area contributed by atoms with E-state index in [2.05, 4.69) is 0 Å². The molecule has 14 heavy (non-hydrogen) atoms. The summed E-state index contributed by atoms with van der Waals surface area (Å²) < 4.78 is 0. The molecule has 76 valence electrons. The number of aliphatic carboxylic acids is 1. The van der Waals surface area contributed by atoms with E-state index in [4.69, 9.17) is 22.4 Å². The minimum atomic E-state index is -1.39. The molecule has 5 N–H and O–H groups in total. The summed E-state index contributed by atoms with van der Waals surface area (Å²) >= 11 is 5.47. The van der Waals surface area contributed by atoms with Crippen molar-refractivity contribution in [2.24, 2.45) is 5.73 Å². The second-order valence-corrected chi connectivity index (χ2v) is 3.06. The van der Waals surface area contributed by atoms with Crippen molar-refractivity contribution in [1.29, 1.82) is 0 Å². The van der Waals surface area contributed by atoms with Crippen molar-refractivity contribution in [3.8, 4) is 11.5 Å². The van der Waals surface area contributed by atoms with Crippen molar-refractivity contribution in [2.75, 3.05) is 0 Å². The molecule has 1 aromatic carbocycles. The molecule has 0 aliphatic rings. The van der Waals surface area contributed by atoms with Gasteiger partial charge < -0.3 is 21.1 Å². The lowest BCUT2D eigenvalue weighted by Crippen LogP contribution is -2.20. The molecule has 1 rings (SSSR count). The Kier molecular flexibility index (Phi) is 2.83. The summed E-state index contributed by atoms with van der Waals surface area (Å²) in [4.78, 5) is 10.5. The number of rotatable bonds is 2. The first-order chi connectivity index (χ1) is 6.45. The number of carboxylic acid groups (broad SMARTS) is 1. The molecule has 6 heteroatoms. The summed E-state index contributed by atoms with van der Waals surface area (Å²) in [5.74, 6) is -2.48.